The van der Waals surface area contributed by atoms with E-state index in [1.54, 1.807) is 30.3 Å². The van der Waals surface area contributed by atoms with Crippen molar-refractivity contribution in [2.24, 2.45) is 0 Å². The van der Waals surface area contributed by atoms with Crippen molar-refractivity contribution in [2.75, 3.05) is 24.3 Å². The molecule has 1 heterocycles. The lowest BCUT2D eigenvalue weighted by Gasteiger charge is -2.19. The number of carbonyl (C=O) groups is 2. The Kier molecular flexibility index (Phi) is 7.06. The fraction of sp³-hybridized carbons (Fsp3) is 0.300. The minimum Gasteiger partial charge on any atom is -0.486 e. The average molecular weight is 422 g/mol. The van der Waals surface area contributed by atoms with Crippen molar-refractivity contribution in [2.45, 2.75) is 24.3 Å². The lowest BCUT2D eigenvalue weighted by molar-refractivity contribution is -0.152. The third-order valence-electron chi connectivity index (χ3n) is 3.88. The molecule has 1 atom stereocenters. The number of thioether (sulfide) groups is 1. The van der Waals surface area contributed by atoms with E-state index in [1.165, 1.54) is 18.7 Å². The van der Waals surface area contributed by atoms with Crippen molar-refractivity contribution in [3.8, 4) is 11.5 Å². The Balaban J connectivity index is 1.43. The van der Waals surface area contributed by atoms with Crippen molar-refractivity contribution in [3.63, 3.8) is 0 Å². The molecule has 2 aromatic rings. The minimum absolute atomic E-state index is 0.203. The maximum Gasteiger partial charge on any atom is 0.307 e. The van der Waals surface area contributed by atoms with Crippen molar-refractivity contribution < 1.29 is 23.8 Å². The third kappa shape index (κ3) is 5.81. The second kappa shape index (κ2) is 9.71. The second-order valence-corrected chi connectivity index (χ2v) is 7.64. The molecule has 2 aromatic carbocycles. The molecule has 6 nitrogen and oxygen atoms in total. The standard InChI is InChI=1S/C20H20ClNO5S/c1-13(27-19(23)8-11-28-16-5-2-14(21)3-6-16)20(24)22-15-4-7-17-18(12-15)26-10-9-25-17/h2-7,12-13H,8-11H2,1H3,(H,22,24)/t13-/m0/s1. The van der Waals surface area contributed by atoms with Gasteiger partial charge in [0.05, 0.1) is 6.42 Å². The summed E-state index contributed by atoms with van der Waals surface area (Å²) in [6.07, 6.45) is -0.698. The predicted molar refractivity (Wildman–Crippen MR) is 108 cm³/mol. The van der Waals surface area contributed by atoms with Crippen LogP contribution in [0.15, 0.2) is 47.4 Å². The number of rotatable bonds is 7. The molecule has 0 spiro atoms. The maximum atomic E-state index is 12.3. The van der Waals surface area contributed by atoms with Crippen molar-refractivity contribution in [3.05, 3.63) is 47.5 Å². The van der Waals surface area contributed by atoms with E-state index in [4.69, 9.17) is 25.8 Å². The highest BCUT2D eigenvalue weighted by molar-refractivity contribution is 7.99. The van der Waals surface area contributed by atoms with Crippen molar-refractivity contribution in [1.82, 2.24) is 0 Å². The van der Waals surface area contributed by atoms with E-state index in [9.17, 15) is 9.59 Å². The lowest BCUT2D eigenvalue weighted by Crippen LogP contribution is -2.30. The Bertz CT molecular complexity index is 843. The molecule has 1 N–H and O–H groups in total. The topological polar surface area (TPSA) is 73.9 Å². The molecule has 28 heavy (non-hydrogen) atoms. The van der Waals surface area contributed by atoms with Gasteiger partial charge in [-0.2, -0.15) is 0 Å². The zero-order valence-electron chi connectivity index (χ0n) is 15.3. The number of hydrogen-bond acceptors (Lipinski definition) is 6. The number of esters is 1. The Morgan fingerprint density at radius 3 is 2.61 bits per heavy atom. The van der Waals surface area contributed by atoms with Crippen LogP contribution in [-0.2, 0) is 14.3 Å². The van der Waals surface area contributed by atoms with E-state index >= 15 is 0 Å². The number of amides is 1. The summed E-state index contributed by atoms with van der Waals surface area (Å²) in [5.41, 5.74) is 0.551. The maximum absolute atomic E-state index is 12.3. The van der Waals surface area contributed by atoms with E-state index in [0.717, 1.165) is 4.90 Å². The van der Waals surface area contributed by atoms with Crippen LogP contribution in [0.25, 0.3) is 0 Å². The van der Waals surface area contributed by atoms with Crippen molar-refractivity contribution in [1.29, 1.82) is 0 Å². The molecule has 0 bridgehead atoms. The van der Waals surface area contributed by atoms with Crippen LogP contribution in [0.5, 0.6) is 11.5 Å². The average Bonchev–Trinajstić information content (AvgIpc) is 2.69. The normalized spacial score (nSPS) is 13.5. The number of nitrogens with one attached hydrogen (secondary N) is 1. The van der Waals surface area contributed by atoms with Crippen LogP contribution in [0.2, 0.25) is 5.02 Å². The molecule has 0 aromatic heterocycles. The van der Waals surface area contributed by atoms with Crippen LogP contribution >= 0.6 is 23.4 Å². The highest BCUT2D eigenvalue weighted by atomic mass is 35.5. The minimum atomic E-state index is -0.902. The number of halogens is 1. The summed E-state index contributed by atoms with van der Waals surface area (Å²) in [7, 11) is 0. The second-order valence-electron chi connectivity index (χ2n) is 6.03. The summed E-state index contributed by atoms with van der Waals surface area (Å²) in [6, 6.07) is 12.5. The summed E-state index contributed by atoms with van der Waals surface area (Å²) < 4.78 is 16.1. The van der Waals surface area contributed by atoms with Gasteiger partial charge in [0.2, 0.25) is 0 Å². The molecule has 0 aliphatic carbocycles. The van der Waals surface area contributed by atoms with Gasteiger partial charge in [0.25, 0.3) is 5.91 Å². The number of hydrogen-bond donors (Lipinski definition) is 1. The lowest BCUT2D eigenvalue weighted by atomic mass is 10.2. The molecule has 0 saturated heterocycles. The Labute approximate surface area is 172 Å². The summed E-state index contributed by atoms with van der Waals surface area (Å²) in [5.74, 6) is 0.938. The van der Waals surface area contributed by atoms with Crippen LogP contribution in [-0.4, -0.2) is 36.9 Å². The van der Waals surface area contributed by atoms with E-state index < -0.39 is 18.0 Å². The van der Waals surface area contributed by atoms with Gasteiger partial charge < -0.3 is 19.5 Å². The first-order valence-corrected chi connectivity index (χ1v) is 10.2. The highest BCUT2D eigenvalue weighted by Gasteiger charge is 2.19. The Morgan fingerprint density at radius 2 is 1.86 bits per heavy atom. The number of fused-ring (bicyclic) bond motifs is 1. The third-order valence-corrected chi connectivity index (χ3v) is 5.14. The first-order chi connectivity index (χ1) is 13.5. The smallest absolute Gasteiger partial charge is 0.307 e. The molecule has 0 radical (unpaired) electrons. The van der Waals surface area contributed by atoms with Gasteiger partial charge in [0.1, 0.15) is 13.2 Å². The molecule has 148 valence electrons. The van der Waals surface area contributed by atoms with Gasteiger partial charge in [0, 0.05) is 27.4 Å². The van der Waals surface area contributed by atoms with Crippen LogP contribution < -0.4 is 14.8 Å². The molecule has 0 saturated carbocycles. The van der Waals surface area contributed by atoms with Gasteiger partial charge in [-0.15, -0.1) is 11.8 Å². The highest BCUT2D eigenvalue weighted by Crippen LogP contribution is 2.32. The zero-order chi connectivity index (χ0) is 19.9. The summed E-state index contributed by atoms with van der Waals surface area (Å²) in [4.78, 5) is 25.3. The molecule has 0 unspecified atom stereocenters. The van der Waals surface area contributed by atoms with Crippen LogP contribution in [0.1, 0.15) is 13.3 Å². The quantitative estimate of drug-likeness (QED) is 0.534. The number of benzene rings is 2. The van der Waals surface area contributed by atoms with Gasteiger partial charge in [-0.3, -0.25) is 9.59 Å². The largest absolute Gasteiger partial charge is 0.486 e. The molecule has 8 heteroatoms. The van der Waals surface area contributed by atoms with E-state index in [2.05, 4.69) is 5.32 Å². The van der Waals surface area contributed by atoms with E-state index in [0.29, 0.717) is 41.2 Å². The zero-order valence-corrected chi connectivity index (χ0v) is 16.8. The van der Waals surface area contributed by atoms with Gasteiger partial charge in [0.15, 0.2) is 17.6 Å². The van der Waals surface area contributed by atoms with Gasteiger partial charge in [-0.25, -0.2) is 0 Å². The van der Waals surface area contributed by atoms with Crippen LogP contribution in [0.4, 0.5) is 5.69 Å². The molecule has 0 fully saturated rings. The summed E-state index contributed by atoms with van der Waals surface area (Å²) in [6.45, 7) is 2.51. The monoisotopic (exact) mass is 421 g/mol. The molecule has 1 aliphatic heterocycles. The SMILES string of the molecule is C[C@H](OC(=O)CCSc1ccc(Cl)cc1)C(=O)Nc1ccc2c(c1)OCCO2. The van der Waals surface area contributed by atoms with E-state index in [-0.39, 0.29) is 6.42 Å². The molecule has 1 amide bonds. The van der Waals surface area contributed by atoms with Gasteiger partial charge >= 0.3 is 5.97 Å². The Hall–Kier alpha value is -2.38. The first kappa shape index (κ1) is 20.4. The van der Waals surface area contributed by atoms with Crippen molar-refractivity contribution >= 4 is 40.9 Å². The van der Waals surface area contributed by atoms with Crippen LogP contribution in [0, 0.1) is 0 Å². The molecule has 1 aliphatic rings. The Morgan fingerprint density at radius 1 is 1.14 bits per heavy atom. The number of carbonyl (C=O) groups excluding carboxylic acids is 2. The first-order valence-electron chi connectivity index (χ1n) is 8.79. The fourth-order valence-electron chi connectivity index (χ4n) is 2.46. The van der Waals surface area contributed by atoms with E-state index in [1.807, 2.05) is 12.1 Å². The fourth-order valence-corrected chi connectivity index (χ4v) is 3.42. The number of anilines is 1. The van der Waals surface area contributed by atoms with Gasteiger partial charge in [-0.1, -0.05) is 11.6 Å². The summed E-state index contributed by atoms with van der Waals surface area (Å²) in [5, 5.41) is 3.38. The molecular formula is C20H20ClNO5S. The summed E-state index contributed by atoms with van der Waals surface area (Å²) >= 11 is 7.36. The van der Waals surface area contributed by atoms with Crippen LogP contribution in [0.3, 0.4) is 0 Å². The predicted octanol–water partition coefficient (Wildman–Crippen LogP) is 4.16. The molecule has 3 rings (SSSR count). The molecular weight excluding hydrogens is 402 g/mol. The number of ether oxygens (including phenoxy) is 3. The van der Waals surface area contributed by atoms with Gasteiger partial charge in [-0.05, 0) is 43.3 Å².